The number of carbonyl (C=O) groups is 1. The Bertz CT molecular complexity index is 930. The fraction of sp³-hybridized carbons (Fsp3) is 0.368. The molecular formula is C19H22N6O3. The van der Waals surface area contributed by atoms with Crippen molar-refractivity contribution in [2.75, 3.05) is 39.4 Å². The molecule has 1 aromatic carbocycles. The number of benzene rings is 1. The van der Waals surface area contributed by atoms with Crippen molar-refractivity contribution in [3.8, 4) is 17.1 Å². The van der Waals surface area contributed by atoms with E-state index >= 15 is 0 Å². The predicted octanol–water partition coefficient (Wildman–Crippen LogP) is 1.29. The largest absolute Gasteiger partial charge is 0.379 e. The molecule has 4 rings (SSSR count). The van der Waals surface area contributed by atoms with Gasteiger partial charge >= 0.3 is 11.8 Å². The van der Waals surface area contributed by atoms with E-state index in [1.54, 1.807) is 4.68 Å². The molecule has 1 saturated heterocycles. The molecule has 2 aromatic heterocycles. The maximum Gasteiger partial charge on any atom is 0.316 e. The SMILES string of the molecule is Cc1nn(-c2ccccc2)cc1-c1noc(C(=O)NCCN2CCOCC2)n1. The molecule has 1 fully saturated rings. The van der Waals surface area contributed by atoms with Crippen LogP contribution in [0.2, 0.25) is 0 Å². The van der Waals surface area contributed by atoms with Gasteiger partial charge in [0.2, 0.25) is 5.82 Å². The van der Waals surface area contributed by atoms with E-state index in [9.17, 15) is 4.79 Å². The van der Waals surface area contributed by atoms with Crippen LogP contribution in [-0.2, 0) is 4.74 Å². The van der Waals surface area contributed by atoms with Crippen molar-refractivity contribution in [3.63, 3.8) is 0 Å². The van der Waals surface area contributed by atoms with Crippen LogP contribution in [0, 0.1) is 6.92 Å². The van der Waals surface area contributed by atoms with Gasteiger partial charge in [-0.05, 0) is 19.1 Å². The summed E-state index contributed by atoms with van der Waals surface area (Å²) in [4.78, 5) is 18.7. The molecule has 1 amide bonds. The van der Waals surface area contributed by atoms with Crippen LogP contribution in [0.4, 0.5) is 0 Å². The molecule has 1 aliphatic heterocycles. The molecule has 0 saturated carbocycles. The summed E-state index contributed by atoms with van der Waals surface area (Å²) in [6, 6.07) is 9.75. The molecule has 0 atom stereocenters. The van der Waals surface area contributed by atoms with Crippen molar-refractivity contribution in [1.82, 2.24) is 30.1 Å². The van der Waals surface area contributed by atoms with Crippen LogP contribution in [0.5, 0.6) is 0 Å². The average molecular weight is 382 g/mol. The first kappa shape index (κ1) is 18.3. The number of hydrogen-bond acceptors (Lipinski definition) is 7. The second-order valence-electron chi connectivity index (χ2n) is 6.54. The molecular weight excluding hydrogens is 360 g/mol. The zero-order chi connectivity index (χ0) is 19.3. The van der Waals surface area contributed by atoms with Crippen LogP contribution in [-0.4, -0.2) is 70.1 Å². The van der Waals surface area contributed by atoms with Crippen LogP contribution in [0.3, 0.4) is 0 Å². The first-order valence-electron chi connectivity index (χ1n) is 9.25. The molecule has 0 radical (unpaired) electrons. The predicted molar refractivity (Wildman–Crippen MR) is 101 cm³/mol. The van der Waals surface area contributed by atoms with Gasteiger partial charge in [-0.1, -0.05) is 23.4 Å². The molecule has 3 aromatic rings. The van der Waals surface area contributed by atoms with E-state index in [2.05, 4.69) is 25.5 Å². The van der Waals surface area contributed by atoms with E-state index in [4.69, 9.17) is 9.26 Å². The number of hydrogen-bond donors (Lipinski definition) is 1. The van der Waals surface area contributed by atoms with E-state index in [0.717, 1.165) is 49.8 Å². The van der Waals surface area contributed by atoms with Gasteiger partial charge in [0.1, 0.15) is 0 Å². The number of nitrogens with zero attached hydrogens (tertiary/aromatic N) is 5. The van der Waals surface area contributed by atoms with Gasteiger partial charge in [0.15, 0.2) is 0 Å². The Kier molecular flexibility index (Phi) is 5.45. The Balaban J connectivity index is 1.40. The van der Waals surface area contributed by atoms with Crippen LogP contribution < -0.4 is 5.32 Å². The maximum atomic E-state index is 12.3. The number of ether oxygens (including phenoxy) is 1. The number of nitrogens with one attached hydrogen (secondary N) is 1. The second kappa shape index (κ2) is 8.32. The minimum absolute atomic E-state index is 0.0520. The summed E-state index contributed by atoms with van der Waals surface area (Å²) in [6.45, 7) is 6.37. The first-order valence-corrected chi connectivity index (χ1v) is 9.25. The minimum atomic E-state index is -0.375. The average Bonchev–Trinajstić information content (AvgIpc) is 3.36. The lowest BCUT2D eigenvalue weighted by molar-refractivity contribution is 0.0382. The number of amides is 1. The monoisotopic (exact) mass is 382 g/mol. The Hall–Kier alpha value is -3.04. The molecule has 0 bridgehead atoms. The highest BCUT2D eigenvalue weighted by molar-refractivity contribution is 5.89. The first-order chi connectivity index (χ1) is 13.7. The van der Waals surface area contributed by atoms with Crippen molar-refractivity contribution in [1.29, 1.82) is 0 Å². The van der Waals surface area contributed by atoms with Gasteiger partial charge < -0.3 is 14.6 Å². The zero-order valence-corrected chi connectivity index (χ0v) is 15.7. The summed E-state index contributed by atoms with van der Waals surface area (Å²) in [5.74, 6) is -0.0815. The molecule has 0 spiro atoms. The molecule has 1 N–H and O–H groups in total. The lowest BCUT2D eigenvalue weighted by atomic mass is 10.2. The lowest BCUT2D eigenvalue weighted by Crippen LogP contribution is -2.41. The van der Waals surface area contributed by atoms with Gasteiger partial charge in [-0.3, -0.25) is 9.69 Å². The number of rotatable bonds is 6. The number of carbonyl (C=O) groups excluding carboxylic acids is 1. The van der Waals surface area contributed by atoms with Crippen molar-refractivity contribution in [2.24, 2.45) is 0 Å². The van der Waals surface area contributed by atoms with Crippen LogP contribution >= 0.6 is 0 Å². The molecule has 9 nitrogen and oxygen atoms in total. The van der Waals surface area contributed by atoms with Crippen LogP contribution in [0.15, 0.2) is 41.1 Å². The highest BCUT2D eigenvalue weighted by Crippen LogP contribution is 2.21. The van der Waals surface area contributed by atoms with Gasteiger partial charge in [-0.25, -0.2) is 4.68 Å². The molecule has 0 unspecified atom stereocenters. The Morgan fingerprint density at radius 1 is 1.21 bits per heavy atom. The number of para-hydroxylation sites is 1. The number of aromatic nitrogens is 4. The normalized spacial score (nSPS) is 14.9. The second-order valence-corrected chi connectivity index (χ2v) is 6.54. The van der Waals surface area contributed by atoms with E-state index in [0.29, 0.717) is 12.4 Å². The van der Waals surface area contributed by atoms with E-state index in [1.807, 2.05) is 43.5 Å². The summed E-state index contributed by atoms with van der Waals surface area (Å²) in [5, 5.41) is 11.3. The maximum absolute atomic E-state index is 12.3. The summed E-state index contributed by atoms with van der Waals surface area (Å²) >= 11 is 0. The van der Waals surface area contributed by atoms with Crippen molar-refractivity contribution >= 4 is 5.91 Å². The van der Waals surface area contributed by atoms with Gasteiger partial charge in [-0.2, -0.15) is 10.1 Å². The quantitative estimate of drug-likeness (QED) is 0.686. The molecule has 0 aliphatic carbocycles. The molecule has 146 valence electrons. The zero-order valence-electron chi connectivity index (χ0n) is 15.7. The minimum Gasteiger partial charge on any atom is -0.379 e. The highest BCUT2D eigenvalue weighted by atomic mass is 16.5. The van der Waals surface area contributed by atoms with Crippen molar-refractivity contribution in [3.05, 3.63) is 48.1 Å². The Morgan fingerprint density at radius 2 is 2.00 bits per heavy atom. The third kappa shape index (κ3) is 4.10. The standard InChI is InChI=1S/C19H22N6O3/c1-14-16(13-25(22-14)15-5-3-2-4-6-15)17-21-19(28-23-17)18(26)20-7-8-24-9-11-27-12-10-24/h2-6,13H,7-12H2,1H3,(H,20,26). The van der Waals surface area contributed by atoms with E-state index in [-0.39, 0.29) is 11.8 Å². The smallest absolute Gasteiger partial charge is 0.316 e. The molecule has 3 heterocycles. The van der Waals surface area contributed by atoms with E-state index < -0.39 is 0 Å². The summed E-state index contributed by atoms with van der Waals surface area (Å²) in [6.07, 6.45) is 1.83. The lowest BCUT2D eigenvalue weighted by Gasteiger charge is -2.26. The summed E-state index contributed by atoms with van der Waals surface area (Å²) < 4.78 is 12.2. The molecule has 9 heteroatoms. The molecule has 1 aliphatic rings. The molecule has 28 heavy (non-hydrogen) atoms. The van der Waals surface area contributed by atoms with Gasteiger partial charge in [-0.15, -0.1) is 0 Å². The third-order valence-electron chi connectivity index (χ3n) is 4.60. The fourth-order valence-electron chi connectivity index (χ4n) is 3.05. The highest BCUT2D eigenvalue weighted by Gasteiger charge is 2.19. The fourth-order valence-corrected chi connectivity index (χ4v) is 3.05. The third-order valence-corrected chi connectivity index (χ3v) is 4.60. The van der Waals surface area contributed by atoms with Crippen molar-refractivity contribution < 1.29 is 14.1 Å². The number of morpholine rings is 1. The van der Waals surface area contributed by atoms with Crippen LogP contribution in [0.1, 0.15) is 16.4 Å². The number of aryl methyl sites for hydroxylation is 1. The summed E-state index contributed by atoms with van der Waals surface area (Å²) in [7, 11) is 0. The van der Waals surface area contributed by atoms with Gasteiger partial charge in [0.05, 0.1) is 30.2 Å². The topological polar surface area (TPSA) is 98.3 Å². The Labute approximate surface area is 162 Å². The van der Waals surface area contributed by atoms with E-state index in [1.165, 1.54) is 0 Å². The van der Waals surface area contributed by atoms with Gasteiger partial charge in [0, 0.05) is 32.4 Å². The van der Waals surface area contributed by atoms with Crippen molar-refractivity contribution in [2.45, 2.75) is 6.92 Å². The summed E-state index contributed by atoms with van der Waals surface area (Å²) in [5.41, 5.74) is 2.41. The van der Waals surface area contributed by atoms with Gasteiger partial charge in [0.25, 0.3) is 0 Å². The van der Waals surface area contributed by atoms with Crippen LogP contribution in [0.25, 0.3) is 17.1 Å². The Morgan fingerprint density at radius 3 is 2.79 bits per heavy atom.